The Morgan fingerprint density at radius 1 is 0.688 bits per heavy atom. The number of esters is 1. The summed E-state index contributed by atoms with van der Waals surface area (Å²) in [6.45, 7) is 3.39. The predicted octanol–water partition coefficient (Wildman–Crippen LogP) is 2.40. The molecule has 0 aromatic carbocycles. The van der Waals surface area contributed by atoms with Crippen molar-refractivity contribution < 1.29 is 39.9 Å². The van der Waals surface area contributed by atoms with Crippen LogP contribution in [0.3, 0.4) is 0 Å². The molecule has 0 aliphatic carbocycles. The van der Waals surface area contributed by atoms with Gasteiger partial charge in [-0.25, -0.2) is 0 Å². The molecular formula is C24H46O8. The highest BCUT2D eigenvalue weighted by Crippen LogP contribution is 2.17. The second-order valence-electron chi connectivity index (χ2n) is 8.63. The zero-order valence-electron chi connectivity index (χ0n) is 20.0. The average molecular weight is 463 g/mol. The molecule has 0 spiro atoms. The van der Waals surface area contributed by atoms with Crippen LogP contribution in [0.1, 0.15) is 104 Å². The maximum absolute atomic E-state index is 12.3. The minimum absolute atomic E-state index is 0.0546. The van der Waals surface area contributed by atoms with Gasteiger partial charge in [-0.05, 0) is 12.8 Å². The van der Waals surface area contributed by atoms with Gasteiger partial charge in [-0.2, -0.15) is 0 Å². The predicted molar refractivity (Wildman–Crippen MR) is 122 cm³/mol. The highest BCUT2D eigenvalue weighted by Gasteiger charge is 2.40. The number of ketones is 1. The second-order valence-corrected chi connectivity index (χ2v) is 8.63. The molecule has 0 aromatic rings. The van der Waals surface area contributed by atoms with Gasteiger partial charge in [-0.3, -0.25) is 9.59 Å². The van der Waals surface area contributed by atoms with Crippen molar-refractivity contribution in [3.8, 4) is 0 Å². The molecule has 8 nitrogen and oxygen atoms in total. The highest BCUT2D eigenvalue weighted by atomic mass is 16.6. The average Bonchev–Trinajstić information content (AvgIpc) is 2.79. The molecule has 8 heteroatoms. The van der Waals surface area contributed by atoms with Crippen LogP contribution >= 0.6 is 0 Å². The van der Waals surface area contributed by atoms with E-state index in [0.717, 1.165) is 64.2 Å². The van der Waals surface area contributed by atoms with Crippen LogP contribution in [0.15, 0.2) is 0 Å². The lowest BCUT2D eigenvalue weighted by atomic mass is 9.95. The molecule has 0 aliphatic rings. The summed E-state index contributed by atoms with van der Waals surface area (Å²) in [6, 6.07) is 0. The molecule has 1 unspecified atom stereocenters. The Morgan fingerprint density at radius 2 is 1.16 bits per heavy atom. The number of hydrogen-bond donors (Lipinski definition) is 5. The van der Waals surface area contributed by atoms with E-state index in [1.54, 1.807) is 0 Å². The Labute approximate surface area is 193 Å². The van der Waals surface area contributed by atoms with Crippen molar-refractivity contribution in [2.24, 2.45) is 0 Å². The third kappa shape index (κ3) is 13.5. The summed E-state index contributed by atoms with van der Waals surface area (Å²) in [7, 11) is 0. The van der Waals surface area contributed by atoms with Gasteiger partial charge in [0, 0.05) is 12.8 Å². The molecule has 0 aromatic heterocycles. The van der Waals surface area contributed by atoms with Gasteiger partial charge in [0.1, 0.15) is 24.4 Å². The van der Waals surface area contributed by atoms with Gasteiger partial charge in [0.15, 0.2) is 11.9 Å². The van der Waals surface area contributed by atoms with Crippen molar-refractivity contribution in [3.05, 3.63) is 0 Å². The minimum atomic E-state index is -1.91. The zero-order chi connectivity index (χ0) is 24.4. The fourth-order valence-corrected chi connectivity index (χ4v) is 3.53. The summed E-state index contributed by atoms with van der Waals surface area (Å²) in [6.07, 6.45) is 2.51. The molecule has 0 bridgehead atoms. The number of rotatable bonds is 21. The largest absolute Gasteiger partial charge is 0.457 e. The Morgan fingerprint density at radius 3 is 1.66 bits per heavy atom. The normalized spacial score (nSPS) is 16.2. The van der Waals surface area contributed by atoms with E-state index in [1.165, 1.54) is 0 Å². The molecule has 0 radical (unpaired) electrons. The molecule has 190 valence electrons. The summed E-state index contributed by atoms with van der Waals surface area (Å²) in [4.78, 5) is 24.5. The van der Waals surface area contributed by atoms with Crippen molar-refractivity contribution in [2.75, 3.05) is 6.61 Å². The first-order valence-electron chi connectivity index (χ1n) is 12.3. The number of carbonyl (C=O) groups is 2. The quantitative estimate of drug-likeness (QED) is 0.129. The first kappa shape index (κ1) is 30.9. The van der Waals surface area contributed by atoms with Crippen molar-refractivity contribution >= 4 is 11.8 Å². The molecular weight excluding hydrogens is 416 g/mol. The fourth-order valence-electron chi connectivity index (χ4n) is 3.53. The third-order valence-electron chi connectivity index (χ3n) is 5.69. The Bertz CT molecular complexity index is 485. The number of hydrogen-bond acceptors (Lipinski definition) is 8. The van der Waals surface area contributed by atoms with E-state index in [0.29, 0.717) is 12.8 Å². The first-order chi connectivity index (χ1) is 15.3. The van der Waals surface area contributed by atoms with Crippen LogP contribution in [0.25, 0.3) is 0 Å². The van der Waals surface area contributed by atoms with Crippen LogP contribution < -0.4 is 0 Å². The fraction of sp³-hybridized carbons (Fsp3) is 0.917. The zero-order valence-corrected chi connectivity index (χ0v) is 20.0. The van der Waals surface area contributed by atoms with E-state index < -0.39 is 48.9 Å². The summed E-state index contributed by atoms with van der Waals surface area (Å²) in [5.41, 5.74) is 0. The molecule has 0 amide bonds. The van der Waals surface area contributed by atoms with E-state index in [2.05, 4.69) is 13.8 Å². The minimum Gasteiger partial charge on any atom is -0.457 e. The van der Waals surface area contributed by atoms with Gasteiger partial charge in [-0.1, -0.05) is 78.1 Å². The highest BCUT2D eigenvalue weighted by molar-refractivity contribution is 5.83. The number of ether oxygens (including phenoxy) is 1. The molecule has 0 saturated heterocycles. The standard InChI is InChI=1S/C24H46O8/c1-3-5-7-9-11-13-15-18(26)21(29)23(31)24(22(30)19(27)17-25)32-20(28)16-14-12-10-8-6-4-2/h19,21-25,27,29-31H,3-17H2,1-2H3/t19-,21?,22-,23+,24+/m1/s1. The Balaban J connectivity index is 4.75. The van der Waals surface area contributed by atoms with Gasteiger partial charge >= 0.3 is 5.97 Å². The van der Waals surface area contributed by atoms with Crippen molar-refractivity contribution in [2.45, 2.75) is 134 Å². The number of aliphatic hydroxyl groups excluding tert-OH is 5. The van der Waals surface area contributed by atoms with E-state index >= 15 is 0 Å². The first-order valence-corrected chi connectivity index (χ1v) is 12.3. The van der Waals surface area contributed by atoms with Crippen LogP contribution in [0.4, 0.5) is 0 Å². The summed E-state index contributed by atoms with van der Waals surface area (Å²) in [5, 5.41) is 49.8. The Hall–Kier alpha value is -1.06. The van der Waals surface area contributed by atoms with Crippen LogP contribution in [-0.2, 0) is 14.3 Å². The number of unbranched alkanes of at least 4 members (excludes halogenated alkanes) is 10. The molecule has 5 atom stereocenters. The van der Waals surface area contributed by atoms with Gasteiger partial charge in [0.25, 0.3) is 0 Å². The SMILES string of the molecule is CCCCCCCCC(=O)O[C@@H]([C@H](O)[C@H](O)CO)[C@@H](O)C(O)C(=O)CCCCCCCC. The van der Waals surface area contributed by atoms with Crippen molar-refractivity contribution in [1.82, 2.24) is 0 Å². The van der Waals surface area contributed by atoms with Gasteiger partial charge < -0.3 is 30.3 Å². The number of aliphatic hydroxyl groups is 5. The molecule has 0 heterocycles. The van der Waals surface area contributed by atoms with Crippen LogP contribution in [-0.4, -0.2) is 74.4 Å². The second kappa shape index (κ2) is 19.4. The maximum Gasteiger partial charge on any atom is 0.306 e. The van der Waals surface area contributed by atoms with Gasteiger partial charge in [0.2, 0.25) is 0 Å². The summed E-state index contributed by atoms with van der Waals surface area (Å²) in [5.74, 6) is -1.32. The topological polar surface area (TPSA) is 145 Å². The van der Waals surface area contributed by atoms with Crippen LogP contribution in [0.2, 0.25) is 0 Å². The molecule has 5 N–H and O–H groups in total. The lowest BCUT2D eigenvalue weighted by molar-refractivity contribution is -0.185. The van der Waals surface area contributed by atoms with Crippen molar-refractivity contribution in [3.63, 3.8) is 0 Å². The van der Waals surface area contributed by atoms with Crippen LogP contribution in [0, 0.1) is 0 Å². The van der Waals surface area contributed by atoms with Crippen LogP contribution in [0.5, 0.6) is 0 Å². The lowest BCUT2D eigenvalue weighted by Gasteiger charge is -2.31. The monoisotopic (exact) mass is 462 g/mol. The maximum atomic E-state index is 12.3. The van der Waals surface area contributed by atoms with E-state index in [-0.39, 0.29) is 12.8 Å². The number of Topliss-reactive ketones (excluding diaryl/α,β-unsaturated/α-hetero) is 1. The van der Waals surface area contributed by atoms with Gasteiger partial charge in [-0.15, -0.1) is 0 Å². The van der Waals surface area contributed by atoms with Gasteiger partial charge in [0.05, 0.1) is 6.61 Å². The summed E-state index contributed by atoms with van der Waals surface area (Å²) >= 11 is 0. The van der Waals surface area contributed by atoms with Crippen molar-refractivity contribution in [1.29, 1.82) is 0 Å². The van der Waals surface area contributed by atoms with E-state index in [1.807, 2.05) is 0 Å². The molecule has 0 fully saturated rings. The smallest absolute Gasteiger partial charge is 0.306 e. The molecule has 32 heavy (non-hydrogen) atoms. The lowest BCUT2D eigenvalue weighted by Crippen LogP contribution is -2.53. The third-order valence-corrected chi connectivity index (χ3v) is 5.69. The van der Waals surface area contributed by atoms with E-state index in [9.17, 15) is 30.0 Å². The molecule has 0 rings (SSSR count). The molecule has 0 aliphatic heterocycles. The molecule has 0 saturated carbocycles. The Kier molecular flexibility index (Phi) is 18.8. The summed E-state index contributed by atoms with van der Waals surface area (Å²) < 4.78 is 5.14. The van der Waals surface area contributed by atoms with E-state index in [4.69, 9.17) is 9.84 Å². The number of carbonyl (C=O) groups excluding carboxylic acids is 2.